The maximum absolute atomic E-state index is 13.7. The number of carbonyl (C=O) groups excluding carboxylic acids is 2. The topological polar surface area (TPSA) is 86.8 Å². The normalized spacial score (nSPS) is 12.0. The molecule has 208 valence electrons. The molecule has 3 rings (SSSR count). The first-order valence-corrected chi connectivity index (χ1v) is 15.2. The number of amides is 2. The first kappa shape index (κ1) is 30.8. The highest BCUT2D eigenvalue weighted by molar-refractivity contribution is 7.92. The van der Waals surface area contributed by atoms with E-state index < -0.39 is 16.1 Å². The number of sulfonamides is 1. The first-order valence-electron chi connectivity index (χ1n) is 12.2. The third-order valence-electron chi connectivity index (χ3n) is 6.09. The SMILES string of the molecule is CNC(=O)[C@@H](Cc1ccccc1)N(Cc1cccc(Cl)c1)C(=O)CCCN(c1cc(Cl)ccc1Cl)S(C)(=O)=O. The molecule has 1 atom stereocenters. The van der Waals surface area contributed by atoms with Gasteiger partial charge in [0.15, 0.2) is 0 Å². The molecule has 0 radical (unpaired) electrons. The van der Waals surface area contributed by atoms with E-state index in [1.165, 1.54) is 24.1 Å². The summed E-state index contributed by atoms with van der Waals surface area (Å²) in [6.07, 6.45) is 1.55. The molecule has 0 fully saturated rings. The molecule has 0 aliphatic heterocycles. The highest BCUT2D eigenvalue weighted by Gasteiger charge is 2.30. The monoisotopic (exact) mass is 609 g/mol. The van der Waals surface area contributed by atoms with E-state index >= 15 is 0 Å². The highest BCUT2D eigenvalue weighted by Crippen LogP contribution is 2.31. The molecule has 0 heterocycles. The van der Waals surface area contributed by atoms with Crippen molar-refractivity contribution in [2.75, 3.05) is 24.2 Å². The van der Waals surface area contributed by atoms with Gasteiger partial charge in [-0.25, -0.2) is 8.42 Å². The van der Waals surface area contributed by atoms with Crippen molar-refractivity contribution in [2.24, 2.45) is 0 Å². The van der Waals surface area contributed by atoms with E-state index in [4.69, 9.17) is 34.8 Å². The molecule has 0 saturated heterocycles. The second-order valence-corrected chi connectivity index (χ2v) is 12.2. The van der Waals surface area contributed by atoms with Crippen molar-refractivity contribution < 1.29 is 18.0 Å². The molecule has 0 bridgehead atoms. The van der Waals surface area contributed by atoms with Gasteiger partial charge < -0.3 is 10.2 Å². The van der Waals surface area contributed by atoms with Crippen LogP contribution in [-0.2, 0) is 32.6 Å². The number of carbonyl (C=O) groups is 2. The van der Waals surface area contributed by atoms with Crippen molar-refractivity contribution in [1.82, 2.24) is 10.2 Å². The lowest BCUT2D eigenvalue weighted by molar-refractivity contribution is -0.141. The summed E-state index contributed by atoms with van der Waals surface area (Å²) in [5, 5.41) is 3.74. The lowest BCUT2D eigenvalue weighted by atomic mass is 10.0. The smallest absolute Gasteiger partial charge is 0.242 e. The summed E-state index contributed by atoms with van der Waals surface area (Å²) in [5.41, 5.74) is 1.90. The predicted molar refractivity (Wildman–Crippen MR) is 158 cm³/mol. The molecule has 2 amide bonds. The Balaban J connectivity index is 1.86. The number of nitrogens with one attached hydrogen (secondary N) is 1. The van der Waals surface area contributed by atoms with Crippen LogP contribution in [0.15, 0.2) is 72.8 Å². The predicted octanol–water partition coefficient (Wildman–Crippen LogP) is 5.58. The lowest BCUT2D eigenvalue weighted by Gasteiger charge is -2.31. The summed E-state index contributed by atoms with van der Waals surface area (Å²) in [7, 11) is -2.19. The average molecular weight is 611 g/mol. The Hall–Kier alpha value is -2.78. The number of likely N-dealkylation sites (N-methyl/N-ethyl adjacent to an activating group) is 1. The van der Waals surface area contributed by atoms with Crippen LogP contribution in [0.4, 0.5) is 5.69 Å². The Kier molecular flexibility index (Phi) is 11.1. The number of hydrogen-bond acceptors (Lipinski definition) is 4. The Morgan fingerprint density at radius 3 is 2.21 bits per heavy atom. The fourth-order valence-electron chi connectivity index (χ4n) is 4.21. The van der Waals surface area contributed by atoms with Gasteiger partial charge in [0.1, 0.15) is 6.04 Å². The summed E-state index contributed by atoms with van der Waals surface area (Å²) in [6.45, 7) is 0.152. The molecule has 0 unspecified atom stereocenters. The van der Waals surface area contributed by atoms with Crippen LogP contribution in [0.2, 0.25) is 15.1 Å². The van der Waals surface area contributed by atoms with Gasteiger partial charge in [-0.2, -0.15) is 0 Å². The third kappa shape index (κ3) is 8.86. The molecule has 0 spiro atoms. The maximum Gasteiger partial charge on any atom is 0.242 e. The Labute approximate surface area is 244 Å². The first-order chi connectivity index (χ1) is 18.5. The van der Waals surface area contributed by atoms with Crippen molar-refractivity contribution in [3.63, 3.8) is 0 Å². The molecule has 11 heteroatoms. The largest absolute Gasteiger partial charge is 0.357 e. The van der Waals surface area contributed by atoms with Crippen molar-refractivity contribution in [3.05, 3.63) is 99.0 Å². The number of nitrogens with zero attached hydrogens (tertiary/aromatic N) is 2. The number of hydrogen-bond donors (Lipinski definition) is 1. The summed E-state index contributed by atoms with van der Waals surface area (Å²) >= 11 is 18.5. The second kappa shape index (κ2) is 14.0. The molecule has 3 aromatic carbocycles. The van der Waals surface area contributed by atoms with Crippen LogP contribution in [0.25, 0.3) is 0 Å². The van der Waals surface area contributed by atoms with Gasteiger partial charge in [-0.3, -0.25) is 13.9 Å². The summed E-state index contributed by atoms with van der Waals surface area (Å²) in [4.78, 5) is 28.2. The van der Waals surface area contributed by atoms with Gasteiger partial charge in [-0.1, -0.05) is 77.3 Å². The van der Waals surface area contributed by atoms with Crippen molar-refractivity contribution in [3.8, 4) is 0 Å². The molecule has 39 heavy (non-hydrogen) atoms. The van der Waals surface area contributed by atoms with Gasteiger partial charge in [0, 0.05) is 43.0 Å². The van der Waals surface area contributed by atoms with Gasteiger partial charge in [-0.15, -0.1) is 0 Å². The molecule has 1 N–H and O–H groups in total. The second-order valence-electron chi connectivity index (χ2n) is 9.01. The summed E-state index contributed by atoms with van der Waals surface area (Å²) in [6, 6.07) is 20.3. The van der Waals surface area contributed by atoms with E-state index in [1.54, 1.807) is 24.3 Å². The van der Waals surface area contributed by atoms with Crippen LogP contribution in [-0.4, -0.2) is 51.0 Å². The Morgan fingerprint density at radius 1 is 0.897 bits per heavy atom. The molecular formula is C28H30Cl3N3O4S. The number of benzene rings is 3. The molecule has 0 aliphatic rings. The van der Waals surface area contributed by atoms with E-state index in [9.17, 15) is 18.0 Å². The molecule has 0 aliphatic carbocycles. The molecule has 0 saturated carbocycles. The summed E-state index contributed by atoms with van der Waals surface area (Å²) in [5.74, 6) is -0.608. The average Bonchev–Trinajstić information content (AvgIpc) is 2.89. The zero-order valence-corrected chi connectivity index (χ0v) is 24.7. The minimum absolute atomic E-state index is 0.00102. The van der Waals surface area contributed by atoms with Gasteiger partial charge >= 0.3 is 0 Å². The highest BCUT2D eigenvalue weighted by atomic mass is 35.5. The van der Waals surface area contributed by atoms with Crippen LogP contribution in [0.3, 0.4) is 0 Å². The van der Waals surface area contributed by atoms with Crippen LogP contribution in [0.5, 0.6) is 0 Å². The quantitative estimate of drug-likeness (QED) is 0.290. The van der Waals surface area contributed by atoms with E-state index in [0.29, 0.717) is 16.5 Å². The third-order valence-corrected chi connectivity index (χ3v) is 8.06. The standard InChI is InChI=1S/C28H30Cl3N3O4S/c1-32-28(36)26(17-20-8-4-3-5-9-20)33(19-21-10-6-11-22(29)16-21)27(35)12-7-15-34(39(2,37)38)25-18-23(30)13-14-24(25)31/h3-6,8-11,13-14,16,18,26H,7,12,15,17,19H2,1-2H3,(H,32,36)/t26-/m1/s1. The fourth-order valence-corrected chi connectivity index (χ4v) is 5.83. The van der Waals surface area contributed by atoms with E-state index in [-0.39, 0.29) is 48.5 Å². The molecule has 7 nitrogen and oxygen atoms in total. The van der Waals surface area contributed by atoms with Gasteiger partial charge in [0.05, 0.1) is 17.0 Å². The molecule has 0 aromatic heterocycles. The van der Waals surface area contributed by atoms with Crippen LogP contribution in [0.1, 0.15) is 24.0 Å². The number of anilines is 1. The molecule has 3 aromatic rings. The van der Waals surface area contributed by atoms with E-state index in [1.807, 2.05) is 36.4 Å². The molecular weight excluding hydrogens is 581 g/mol. The van der Waals surface area contributed by atoms with Crippen molar-refractivity contribution in [2.45, 2.75) is 31.8 Å². The van der Waals surface area contributed by atoms with Crippen LogP contribution >= 0.6 is 34.8 Å². The van der Waals surface area contributed by atoms with Gasteiger partial charge in [0.25, 0.3) is 0 Å². The number of halogens is 3. The van der Waals surface area contributed by atoms with Crippen molar-refractivity contribution >= 4 is 62.3 Å². The Bertz CT molecular complexity index is 1400. The zero-order chi connectivity index (χ0) is 28.6. The lowest BCUT2D eigenvalue weighted by Crippen LogP contribution is -2.49. The minimum Gasteiger partial charge on any atom is -0.357 e. The zero-order valence-electron chi connectivity index (χ0n) is 21.6. The van der Waals surface area contributed by atoms with Gasteiger partial charge in [-0.05, 0) is 47.9 Å². The van der Waals surface area contributed by atoms with Crippen molar-refractivity contribution in [1.29, 1.82) is 0 Å². The van der Waals surface area contributed by atoms with Gasteiger partial charge in [0.2, 0.25) is 21.8 Å². The Morgan fingerprint density at radius 2 is 1.56 bits per heavy atom. The van der Waals surface area contributed by atoms with Crippen LogP contribution < -0.4 is 9.62 Å². The van der Waals surface area contributed by atoms with E-state index in [2.05, 4.69) is 5.32 Å². The fraction of sp³-hybridized carbons (Fsp3) is 0.286. The minimum atomic E-state index is -3.72. The van der Waals surface area contributed by atoms with E-state index in [0.717, 1.165) is 21.7 Å². The van der Waals surface area contributed by atoms with Crippen LogP contribution in [0, 0.1) is 0 Å². The number of rotatable bonds is 12. The summed E-state index contributed by atoms with van der Waals surface area (Å²) < 4.78 is 26.3. The maximum atomic E-state index is 13.7.